The number of ether oxygens (including phenoxy) is 2. The van der Waals surface area contributed by atoms with E-state index in [4.69, 9.17) is 18.5 Å². The van der Waals surface area contributed by atoms with E-state index in [0.717, 1.165) is 96.3 Å². The number of nitrogens with zero attached hydrogens (tertiary/aromatic N) is 1. The molecule has 0 aliphatic rings. The Morgan fingerprint density at radius 3 is 0.870 bits per heavy atom. The third-order valence-electron chi connectivity index (χ3n) is 16.5. The number of esters is 2. The second-order valence-corrected chi connectivity index (χ2v) is 28.1. The number of carbonyl (C=O) groups excluding carboxylic acids is 2. The summed E-state index contributed by atoms with van der Waals surface area (Å²) in [7, 11) is 1.48. The van der Waals surface area contributed by atoms with E-state index in [9.17, 15) is 19.0 Å². The number of likely N-dealkylation sites (N-methyl/N-ethyl adjacent to an activating group) is 1. The quantitative estimate of drug-likeness (QED) is 0.0211. The molecule has 0 aromatic carbocycles. The molecule has 10 heteroatoms. The number of quaternary nitrogens is 1. The second-order valence-electron chi connectivity index (χ2n) is 26.6. The Morgan fingerprint density at radius 2 is 0.587 bits per heavy atom. The lowest BCUT2D eigenvalue weighted by Crippen LogP contribution is -2.37. The van der Waals surface area contributed by atoms with Crippen molar-refractivity contribution in [1.82, 2.24) is 0 Å². The Balaban J connectivity index is 3.96. The third-order valence-corrected chi connectivity index (χ3v) is 17.5. The molecular formula is C82H145NO8P+. The minimum atomic E-state index is -4.40. The Morgan fingerprint density at radius 1 is 0.337 bits per heavy atom. The first kappa shape index (κ1) is 88.4. The number of hydrogen-bond donors (Lipinski definition) is 1. The van der Waals surface area contributed by atoms with Gasteiger partial charge in [-0.3, -0.25) is 18.6 Å². The average Bonchev–Trinajstić information content (AvgIpc) is 2.14. The maximum Gasteiger partial charge on any atom is 0.472 e. The molecule has 92 heavy (non-hydrogen) atoms. The van der Waals surface area contributed by atoms with Gasteiger partial charge in [-0.25, -0.2) is 4.57 Å². The van der Waals surface area contributed by atoms with Gasteiger partial charge in [-0.2, -0.15) is 0 Å². The van der Waals surface area contributed by atoms with Gasteiger partial charge >= 0.3 is 19.8 Å². The highest BCUT2D eigenvalue weighted by atomic mass is 31.2. The van der Waals surface area contributed by atoms with Crippen molar-refractivity contribution >= 4 is 19.8 Å². The van der Waals surface area contributed by atoms with Crippen molar-refractivity contribution in [3.8, 4) is 0 Å². The van der Waals surface area contributed by atoms with Gasteiger partial charge in [-0.1, -0.05) is 341 Å². The van der Waals surface area contributed by atoms with Crippen molar-refractivity contribution in [1.29, 1.82) is 0 Å². The largest absolute Gasteiger partial charge is 0.472 e. The molecule has 0 heterocycles. The van der Waals surface area contributed by atoms with Crippen LogP contribution >= 0.6 is 7.82 Å². The predicted molar refractivity (Wildman–Crippen MR) is 399 cm³/mol. The summed E-state index contributed by atoms with van der Waals surface area (Å²) in [5, 5.41) is 0. The van der Waals surface area contributed by atoms with Gasteiger partial charge in [0.15, 0.2) is 6.10 Å². The minimum absolute atomic E-state index is 0.0294. The summed E-state index contributed by atoms with van der Waals surface area (Å²) in [4.78, 5) is 36.0. The minimum Gasteiger partial charge on any atom is -0.462 e. The highest BCUT2D eigenvalue weighted by molar-refractivity contribution is 7.47. The second kappa shape index (κ2) is 71.7. The summed E-state index contributed by atoms with van der Waals surface area (Å²) in [5.41, 5.74) is 0. The summed E-state index contributed by atoms with van der Waals surface area (Å²) in [6, 6.07) is 0. The first-order chi connectivity index (χ1) is 45.0. The van der Waals surface area contributed by atoms with Crippen LogP contribution in [0.4, 0.5) is 0 Å². The molecule has 0 radical (unpaired) electrons. The lowest BCUT2D eigenvalue weighted by atomic mass is 10.0. The Labute approximate surface area is 568 Å². The van der Waals surface area contributed by atoms with Gasteiger partial charge in [0.05, 0.1) is 27.7 Å². The lowest BCUT2D eigenvalue weighted by molar-refractivity contribution is -0.870. The predicted octanol–water partition coefficient (Wildman–Crippen LogP) is 25.4. The molecule has 0 saturated carbocycles. The lowest BCUT2D eigenvalue weighted by Gasteiger charge is -2.24. The molecule has 0 bridgehead atoms. The number of allylic oxidation sites excluding steroid dienone is 20. The van der Waals surface area contributed by atoms with E-state index in [-0.39, 0.29) is 32.0 Å². The SMILES string of the molecule is CC/C=C\C/C=C\C/C=C\C/C=C\C/C=C\CCCCCCCCCCCCCCCCCCCCCCCCCC(=O)OC(COC(=O)CCCCCCCCCCCCCCC/C=C\C/C=C\C/C=C\C/C=C\C/C=C\CC)COP(=O)(O)OCC[N+](C)(C)C. The van der Waals surface area contributed by atoms with Crippen LogP contribution in [0, 0.1) is 0 Å². The third kappa shape index (κ3) is 75.4. The number of phosphoric ester groups is 1. The van der Waals surface area contributed by atoms with E-state index in [1.54, 1.807) is 0 Å². The molecule has 0 amide bonds. The normalized spacial score (nSPS) is 13.8. The van der Waals surface area contributed by atoms with Crippen LogP contribution in [0.2, 0.25) is 0 Å². The van der Waals surface area contributed by atoms with E-state index >= 15 is 0 Å². The summed E-state index contributed by atoms with van der Waals surface area (Å²) in [6.07, 6.45) is 103. The highest BCUT2D eigenvalue weighted by Crippen LogP contribution is 2.43. The number of phosphoric acid groups is 1. The van der Waals surface area contributed by atoms with Crippen molar-refractivity contribution < 1.29 is 42.1 Å². The smallest absolute Gasteiger partial charge is 0.462 e. The molecule has 2 atom stereocenters. The first-order valence-corrected chi connectivity index (χ1v) is 39.8. The molecule has 0 aliphatic carbocycles. The zero-order chi connectivity index (χ0) is 66.9. The van der Waals surface area contributed by atoms with Crippen molar-refractivity contribution in [3.63, 3.8) is 0 Å². The fourth-order valence-electron chi connectivity index (χ4n) is 10.7. The van der Waals surface area contributed by atoms with E-state index in [1.807, 2.05) is 21.1 Å². The molecule has 1 N–H and O–H groups in total. The van der Waals surface area contributed by atoms with E-state index in [2.05, 4.69) is 135 Å². The summed E-state index contributed by atoms with van der Waals surface area (Å²) < 4.78 is 34.8. The van der Waals surface area contributed by atoms with Crippen LogP contribution in [0.3, 0.4) is 0 Å². The van der Waals surface area contributed by atoms with Crippen molar-refractivity contribution in [2.24, 2.45) is 0 Å². The van der Waals surface area contributed by atoms with Crippen molar-refractivity contribution in [2.75, 3.05) is 47.5 Å². The average molecular weight is 1300 g/mol. The molecule has 0 spiro atoms. The summed E-state index contributed by atoms with van der Waals surface area (Å²) in [6.45, 7) is 4.24. The first-order valence-electron chi connectivity index (χ1n) is 38.3. The zero-order valence-electron chi connectivity index (χ0n) is 60.5. The molecule has 0 fully saturated rings. The Kier molecular flexibility index (Phi) is 68.9. The number of carbonyl (C=O) groups is 2. The van der Waals surface area contributed by atoms with Crippen LogP contribution in [0.25, 0.3) is 0 Å². The fraction of sp³-hybridized carbons (Fsp3) is 0.732. The van der Waals surface area contributed by atoms with Gasteiger partial charge in [0.2, 0.25) is 0 Å². The van der Waals surface area contributed by atoms with Crippen LogP contribution in [-0.2, 0) is 32.7 Å². The molecule has 9 nitrogen and oxygen atoms in total. The van der Waals surface area contributed by atoms with Crippen LogP contribution < -0.4 is 0 Å². The van der Waals surface area contributed by atoms with Crippen LogP contribution in [0.15, 0.2) is 122 Å². The van der Waals surface area contributed by atoms with Gasteiger partial charge < -0.3 is 18.9 Å². The van der Waals surface area contributed by atoms with Gasteiger partial charge in [0.25, 0.3) is 0 Å². The van der Waals surface area contributed by atoms with Crippen LogP contribution in [-0.4, -0.2) is 74.9 Å². The van der Waals surface area contributed by atoms with Gasteiger partial charge in [-0.15, -0.1) is 0 Å². The molecule has 530 valence electrons. The summed E-state index contributed by atoms with van der Waals surface area (Å²) >= 11 is 0. The van der Waals surface area contributed by atoms with Gasteiger partial charge in [0.1, 0.15) is 19.8 Å². The molecule has 0 rings (SSSR count). The maximum absolute atomic E-state index is 12.9. The Bertz CT molecular complexity index is 1970. The molecular weight excluding hydrogens is 1160 g/mol. The number of rotatable bonds is 70. The highest BCUT2D eigenvalue weighted by Gasteiger charge is 2.27. The molecule has 0 aromatic heterocycles. The van der Waals surface area contributed by atoms with E-state index in [1.165, 1.54) is 205 Å². The van der Waals surface area contributed by atoms with Crippen LogP contribution in [0.1, 0.15) is 335 Å². The molecule has 0 aromatic rings. The number of hydrogen-bond acceptors (Lipinski definition) is 7. The van der Waals surface area contributed by atoms with E-state index < -0.39 is 26.5 Å². The molecule has 2 unspecified atom stereocenters. The van der Waals surface area contributed by atoms with Gasteiger partial charge in [-0.05, 0) is 103 Å². The van der Waals surface area contributed by atoms with Crippen molar-refractivity contribution in [3.05, 3.63) is 122 Å². The fourth-order valence-corrected chi connectivity index (χ4v) is 11.5. The molecule has 0 saturated heterocycles. The Hall–Kier alpha value is -3.59. The van der Waals surface area contributed by atoms with Crippen molar-refractivity contribution in [2.45, 2.75) is 341 Å². The topological polar surface area (TPSA) is 108 Å². The zero-order valence-corrected chi connectivity index (χ0v) is 61.4. The van der Waals surface area contributed by atoms with E-state index in [0.29, 0.717) is 17.4 Å². The van der Waals surface area contributed by atoms with Gasteiger partial charge in [0, 0.05) is 12.8 Å². The summed E-state index contributed by atoms with van der Waals surface area (Å²) in [5.74, 6) is -0.788. The molecule has 0 aliphatic heterocycles. The monoisotopic (exact) mass is 1300 g/mol. The number of unbranched alkanes of at least 4 members (excludes halogenated alkanes) is 36. The standard InChI is InChI=1S/C82H144NO8P/c1-6-8-10-12-14-16-18-20-22-24-26-28-30-32-34-36-37-38-39-40-41-42-43-44-45-47-49-51-53-55-57-59-61-63-65-67-69-71-73-75-82(85)91-80(79-90-92(86,87)89-77-76-83(3,4)5)78-88-81(84)74-72-70-68-66-64-62-60-58-56-54-52-50-48-46-35-33-31-29-27-25-23-21-19-17-15-13-11-9-7-2/h8-11,14-17,20-23,26-29,32-35,80H,6-7,12-13,18-19,24-25,30-31,36-79H2,1-5H3/p+1/b10-8-,11-9-,16-14-,17-15-,22-20-,23-21-,28-26-,29-27-,34-32-,35-33-. The maximum atomic E-state index is 12.9. The van der Waals surface area contributed by atoms with Crippen LogP contribution in [0.5, 0.6) is 0 Å².